The quantitative estimate of drug-likeness (QED) is 0.827. The van der Waals surface area contributed by atoms with Gasteiger partial charge in [0, 0.05) is 12.8 Å². The molecular formula is C12H14N2O. The molecule has 0 unspecified atom stereocenters. The average molecular weight is 202 g/mol. The molecule has 0 aliphatic rings. The van der Waals surface area contributed by atoms with Crippen LogP contribution in [0.15, 0.2) is 24.3 Å². The highest BCUT2D eigenvalue weighted by atomic mass is 16.1. The molecule has 0 aliphatic heterocycles. The highest BCUT2D eigenvalue weighted by Crippen LogP contribution is 2.11. The zero-order valence-corrected chi connectivity index (χ0v) is 8.79. The fourth-order valence-corrected chi connectivity index (χ4v) is 1.63. The molecule has 2 aromatic rings. The van der Waals surface area contributed by atoms with Crippen molar-refractivity contribution in [2.45, 2.75) is 26.2 Å². The lowest BCUT2D eigenvalue weighted by molar-refractivity contribution is -0.117. The minimum absolute atomic E-state index is 0.242. The second-order valence-corrected chi connectivity index (χ2v) is 3.76. The number of nitrogens with one attached hydrogen (secondary N) is 1. The maximum atomic E-state index is 10.8. The number of carbonyl (C=O) groups is 1. The van der Waals surface area contributed by atoms with Gasteiger partial charge in [-0.05, 0) is 25.5 Å². The van der Waals surface area contributed by atoms with Gasteiger partial charge in [-0.3, -0.25) is 0 Å². The van der Waals surface area contributed by atoms with Crippen LogP contribution in [0.4, 0.5) is 0 Å². The van der Waals surface area contributed by atoms with Crippen molar-refractivity contribution in [2.75, 3.05) is 0 Å². The van der Waals surface area contributed by atoms with Gasteiger partial charge in [-0.15, -0.1) is 0 Å². The summed E-state index contributed by atoms with van der Waals surface area (Å²) in [6, 6.07) is 7.96. The Bertz CT molecular complexity index is 440. The van der Waals surface area contributed by atoms with Gasteiger partial charge in [-0.2, -0.15) is 0 Å². The van der Waals surface area contributed by atoms with E-state index in [9.17, 15) is 4.79 Å². The summed E-state index contributed by atoms with van der Waals surface area (Å²) in [4.78, 5) is 18.5. The molecule has 2 rings (SSSR count). The normalized spacial score (nSPS) is 10.7. The van der Waals surface area contributed by atoms with E-state index in [1.807, 2.05) is 24.3 Å². The van der Waals surface area contributed by atoms with Crippen molar-refractivity contribution in [1.82, 2.24) is 9.97 Å². The van der Waals surface area contributed by atoms with Crippen molar-refractivity contribution in [2.24, 2.45) is 0 Å². The van der Waals surface area contributed by atoms with Crippen LogP contribution in [0.25, 0.3) is 11.0 Å². The van der Waals surface area contributed by atoms with Gasteiger partial charge in [-0.25, -0.2) is 4.98 Å². The molecule has 3 heteroatoms. The van der Waals surface area contributed by atoms with Gasteiger partial charge in [0.1, 0.15) is 11.6 Å². The van der Waals surface area contributed by atoms with Crippen LogP contribution in [0.5, 0.6) is 0 Å². The minimum atomic E-state index is 0.242. The molecule has 1 N–H and O–H groups in total. The summed E-state index contributed by atoms with van der Waals surface area (Å²) < 4.78 is 0. The Morgan fingerprint density at radius 3 is 2.93 bits per heavy atom. The maximum absolute atomic E-state index is 10.8. The van der Waals surface area contributed by atoms with Gasteiger partial charge in [0.15, 0.2) is 0 Å². The van der Waals surface area contributed by atoms with E-state index in [0.717, 1.165) is 29.7 Å². The van der Waals surface area contributed by atoms with E-state index >= 15 is 0 Å². The van der Waals surface area contributed by atoms with E-state index < -0.39 is 0 Å². The van der Waals surface area contributed by atoms with Crippen LogP contribution >= 0.6 is 0 Å². The number of aromatic amines is 1. The third-order valence-corrected chi connectivity index (χ3v) is 2.38. The van der Waals surface area contributed by atoms with Crippen LogP contribution in [0.3, 0.4) is 0 Å². The third kappa shape index (κ3) is 2.43. The first-order chi connectivity index (χ1) is 7.25. The fraction of sp³-hybridized carbons (Fsp3) is 0.333. The van der Waals surface area contributed by atoms with E-state index in [1.54, 1.807) is 6.92 Å². The van der Waals surface area contributed by atoms with Crippen molar-refractivity contribution < 1.29 is 4.79 Å². The molecule has 1 aromatic heterocycles. The number of fused-ring (bicyclic) bond motifs is 1. The highest BCUT2D eigenvalue weighted by molar-refractivity contribution is 5.75. The molecule has 0 aliphatic carbocycles. The molecule has 15 heavy (non-hydrogen) atoms. The molecule has 3 nitrogen and oxygen atoms in total. The molecule has 0 spiro atoms. The molecule has 0 saturated heterocycles. The molecule has 1 heterocycles. The van der Waals surface area contributed by atoms with E-state index in [2.05, 4.69) is 9.97 Å². The first kappa shape index (κ1) is 9.90. The number of aromatic nitrogens is 2. The van der Waals surface area contributed by atoms with Crippen molar-refractivity contribution in [3.63, 3.8) is 0 Å². The summed E-state index contributed by atoms with van der Waals surface area (Å²) in [6.07, 6.45) is 2.35. The largest absolute Gasteiger partial charge is 0.342 e. The summed E-state index contributed by atoms with van der Waals surface area (Å²) in [5.41, 5.74) is 2.06. The van der Waals surface area contributed by atoms with Gasteiger partial charge in [0.2, 0.25) is 0 Å². The second kappa shape index (κ2) is 4.26. The number of aryl methyl sites for hydroxylation is 1. The standard InChI is InChI=1S/C12H14N2O/c1-9(15)5-4-8-12-13-10-6-2-3-7-11(10)14-12/h2-3,6-7H,4-5,8H2,1H3,(H,13,14). The zero-order chi connectivity index (χ0) is 10.7. The van der Waals surface area contributed by atoms with Crippen LogP contribution in [-0.2, 0) is 11.2 Å². The van der Waals surface area contributed by atoms with E-state index in [0.29, 0.717) is 6.42 Å². The lowest BCUT2D eigenvalue weighted by Gasteiger charge is -1.93. The van der Waals surface area contributed by atoms with Crippen LogP contribution in [-0.4, -0.2) is 15.8 Å². The molecule has 0 radical (unpaired) electrons. The molecule has 0 fully saturated rings. The molecule has 0 saturated carbocycles. The number of benzene rings is 1. The lowest BCUT2D eigenvalue weighted by Crippen LogP contribution is -1.93. The van der Waals surface area contributed by atoms with Gasteiger partial charge >= 0.3 is 0 Å². The van der Waals surface area contributed by atoms with E-state index in [4.69, 9.17) is 0 Å². The summed E-state index contributed by atoms with van der Waals surface area (Å²) in [6.45, 7) is 1.62. The van der Waals surface area contributed by atoms with Crippen LogP contribution in [0, 0.1) is 0 Å². The van der Waals surface area contributed by atoms with Crippen molar-refractivity contribution in [3.8, 4) is 0 Å². The Morgan fingerprint density at radius 2 is 2.20 bits per heavy atom. The maximum Gasteiger partial charge on any atom is 0.129 e. The Kier molecular flexibility index (Phi) is 2.81. The van der Waals surface area contributed by atoms with E-state index in [-0.39, 0.29) is 5.78 Å². The summed E-state index contributed by atoms with van der Waals surface area (Å²) in [5.74, 6) is 1.21. The van der Waals surface area contributed by atoms with Gasteiger partial charge in [0.05, 0.1) is 11.0 Å². The number of nitrogens with zero attached hydrogens (tertiary/aromatic N) is 1. The number of para-hydroxylation sites is 2. The van der Waals surface area contributed by atoms with Gasteiger partial charge in [-0.1, -0.05) is 12.1 Å². The highest BCUT2D eigenvalue weighted by Gasteiger charge is 2.02. The molecule has 0 amide bonds. The lowest BCUT2D eigenvalue weighted by atomic mass is 10.2. The SMILES string of the molecule is CC(=O)CCCc1nc2ccccc2[nH]1. The Labute approximate surface area is 88.5 Å². The number of H-pyrrole nitrogens is 1. The molecule has 1 aromatic carbocycles. The van der Waals surface area contributed by atoms with Crippen molar-refractivity contribution in [1.29, 1.82) is 0 Å². The molecular weight excluding hydrogens is 188 g/mol. The van der Waals surface area contributed by atoms with Crippen molar-refractivity contribution >= 4 is 16.8 Å². The molecule has 78 valence electrons. The van der Waals surface area contributed by atoms with Crippen molar-refractivity contribution in [3.05, 3.63) is 30.1 Å². The smallest absolute Gasteiger partial charge is 0.129 e. The number of Topliss-reactive ketones (excluding diaryl/α,β-unsaturated/α-hetero) is 1. The van der Waals surface area contributed by atoms with Gasteiger partial charge in [0.25, 0.3) is 0 Å². The first-order valence-corrected chi connectivity index (χ1v) is 5.19. The number of carbonyl (C=O) groups excluding carboxylic acids is 1. The average Bonchev–Trinajstić information content (AvgIpc) is 2.59. The van der Waals surface area contributed by atoms with Crippen LogP contribution < -0.4 is 0 Å². The Morgan fingerprint density at radius 1 is 1.40 bits per heavy atom. The third-order valence-electron chi connectivity index (χ3n) is 2.38. The fourth-order valence-electron chi connectivity index (χ4n) is 1.63. The Hall–Kier alpha value is -1.64. The topological polar surface area (TPSA) is 45.8 Å². The Balaban J connectivity index is 2.05. The number of imidazole rings is 1. The summed E-state index contributed by atoms with van der Waals surface area (Å²) in [7, 11) is 0. The number of rotatable bonds is 4. The van der Waals surface area contributed by atoms with Crippen LogP contribution in [0.1, 0.15) is 25.6 Å². The second-order valence-electron chi connectivity index (χ2n) is 3.76. The number of hydrogen-bond donors (Lipinski definition) is 1. The monoisotopic (exact) mass is 202 g/mol. The summed E-state index contributed by atoms with van der Waals surface area (Å²) in [5, 5.41) is 0. The predicted octanol–water partition coefficient (Wildman–Crippen LogP) is 2.47. The van der Waals surface area contributed by atoms with Crippen LogP contribution in [0.2, 0.25) is 0 Å². The number of hydrogen-bond acceptors (Lipinski definition) is 2. The first-order valence-electron chi connectivity index (χ1n) is 5.19. The minimum Gasteiger partial charge on any atom is -0.342 e. The van der Waals surface area contributed by atoms with Gasteiger partial charge < -0.3 is 9.78 Å². The molecule has 0 atom stereocenters. The predicted molar refractivity (Wildman–Crippen MR) is 59.7 cm³/mol. The molecule has 0 bridgehead atoms. The zero-order valence-electron chi connectivity index (χ0n) is 8.79. The van der Waals surface area contributed by atoms with E-state index in [1.165, 1.54) is 0 Å². The summed E-state index contributed by atoms with van der Waals surface area (Å²) >= 11 is 0. The number of ketones is 1.